The van der Waals surface area contributed by atoms with Crippen LogP contribution in [-0.2, 0) is 0 Å². The van der Waals surface area contributed by atoms with Gasteiger partial charge in [0, 0.05) is 0 Å². The molecule has 0 saturated heterocycles. The highest BCUT2D eigenvalue weighted by atomic mass is 32.1. The van der Waals surface area contributed by atoms with E-state index in [0.29, 0.717) is 0 Å². The molecule has 0 bridgehead atoms. The summed E-state index contributed by atoms with van der Waals surface area (Å²) in [6.07, 6.45) is 9.07. The van der Waals surface area contributed by atoms with Gasteiger partial charge in [-0.15, -0.1) is 12.6 Å². The summed E-state index contributed by atoms with van der Waals surface area (Å²) in [4.78, 5) is 1.11. The third-order valence-corrected chi connectivity index (χ3v) is 1.99. The second-order valence-corrected chi connectivity index (χ2v) is 3.16. The Morgan fingerprint density at radius 3 is 3.00 bits per heavy atom. The molecule has 0 aromatic rings. The van der Waals surface area contributed by atoms with Gasteiger partial charge >= 0.3 is 0 Å². The van der Waals surface area contributed by atoms with Gasteiger partial charge in [0.1, 0.15) is 0 Å². The predicted molar refractivity (Wildman–Crippen MR) is 53.7 cm³/mol. The van der Waals surface area contributed by atoms with Crippen molar-refractivity contribution in [3.8, 4) is 0 Å². The smallest absolute Gasteiger partial charge is 0.00364 e. The maximum absolute atomic E-state index is 4.31. The number of thiol groups is 1. The Morgan fingerprint density at radius 2 is 2.36 bits per heavy atom. The zero-order valence-corrected chi connectivity index (χ0v) is 7.57. The summed E-state index contributed by atoms with van der Waals surface area (Å²) in [6, 6.07) is 0. The second kappa shape index (κ2) is 3.63. The molecule has 58 valence electrons. The summed E-state index contributed by atoms with van der Waals surface area (Å²) in [5, 5.41) is 0. The molecule has 0 radical (unpaired) electrons. The van der Waals surface area contributed by atoms with Crippen molar-refractivity contribution in [2.24, 2.45) is 0 Å². The van der Waals surface area contributed by atoms with E-state index in [9.17, 15) is 0 Å². The lowest BCUT2D eigenvalue weighted by atomic mass is 10.1. The van der Waals surface area contributed by atoms with E-state index in [-0.39, 0.29) is 0 Å². The molecule has 11 heavy (non-hydrogen) atoms. The van der Waals surface area contributed by atoms with Crippen LogP contribution in [0.4, 0.5) is 0 Å². The minimum absolute atomic E-state index is 0.928. The lowest BCUT2D eigenvalue weighted by molar-refractivity contribution is 1.36. The Hall–Kier alpha value is -0.690. The van der Waals surface area contributed by atoms with Crippen molar-refractivity contribution in [1.82, 2.24) is 0 Å². The third-order valence-electron chi connectivity index (χ3n) is 1.68. The van der Waals surface area contributed by atoms with E-state index in [4.69, 9.17) is 0 Å². The van der Waals surface area contributed by atoms with Crippen molar-refractivity contribution in [3.05, 3.63) is 46.9 Å². The van der Waals surface area contributed by atoms with Crippen LogP contribution >= 0.6 is 12.6 Å². The first-order chi connectivity index (χ1) is 5.24. The van der Waals surface area contributed by atoms with Gasteiger partial charge in [-0.3, -0.25) is 0 Å². The minimum Gasteiger partial charge on any atom is -0.148 e. The Bertz CT molecular complexity index is 254. The average Bonchev–Trinajstić information content (AvgIpc) is 2.11. The van der Waals surface area contributed by atoms with Gasteiger partial charge in [0.15, 0.2) is 0 Å². The van der Waals surface area contributed by atoms with Gasteiger partial charge in [0.2, 0.25) is 0 Å². The molecule has 0 aromatic heterocycles. The fraction of sp³-hybridized carbons (Fsp3) is 0.200. The molecular formula is C10H12S. The van der Waals surface area contributed by atoms with Gasteiger partial charge in [0.05, 0.1) is 0 Å². The lowest BCUT2D eigenvalue weighted by Crippen LogP contribution is -1.75. The van der Waals surface area contributed by atoms with Crippen LogP contribution < -0.4 is 0 Å². The molecule has 1 rings (SSSR count). The zero-order valence-electron chi connectivity index (χ0n) is 6.67. The Labute approximate surface area is 73.4 Å². The number of allylic oxidation sites excluding steroid dienone is 7. The highest BCUT2D eigenvalue weighted by molar-refractivity contribution is 7.84. The van der Waals surface area contributed by atoms with Crippen LogP contribution in [0.15, 0.2) is 46.9 Å². The molecule has 0 amide bonds. The predicted octanol–water partition coefficient (Wildman–Crippen LogP) is 3.26. The van der Waals surface area contributed by atoms with E-state index < -0.39 is 0 Å². The summed E-state index contributed by atoms with van der Waals surface area (Å²) < 4.78 is 0. The quantitative estimate of drug-likeness (QED) is 0.565. The number of rotatable bonds is 1. The van der Waals surface area contributed by atoms with Crippen LogP contribution in [0.3, 0.4) is 0 Å². The summed E-state index contributed by atoms with van der Waals surface area (Å²) in [5.74, 6) is 0. The second-order valence-electron chi connectivity index (χ2n) is 2.58. The van der Waals surface area contributed by atoms with E-state index >= 15 is 0 Å². The Balaban J connectivity index is 3.05. The van der Waals surface area contributed by atoms with Gasteiger partial charge in [-0.05, 0) is 35.5 Å². The normalized spacial score (nSPS) is 17.8. The molecule has 0 N–H and O–H groups in total. The maximum atomic E-state index is 4.31. The molecule has 0 unspecified atom stereocenters. The summed E-state index contributed by atoms with van der Waals surface area (Å²) in [7, 11) is 0. The average molecular weight is 164 g/mol. The van der Waals surface area contributed by atoms with Crippen LogP contribution in [-0.4, -0.2) is 0 Å². The molecule has 1 aliphatic carbocycles. The van der Waals surface area contributed by atoms with Gasteiger partial charge < -0.3 is 0 Å². The fourth-order valence-corrected chi connectivity index (χ4v) is 1.36. The van der Waals surface area contributed by atoms with Gasteiger partial charge in [-0.25, -0.2) is 0 Å². The van der Waals surface area contributed by atoms with Crippen molar-refractivity contribution in [2.75, 3.05) is 0 Å². The van der Waals surface area contributed by atoms with Crippen LogP contribution in [0, 0.1) is 0 Å². The number of hydrogen-bond acceptors (Lipinski definition) is 1. The molecule has 0 aliphatic heterocycles. The molecule has 0 atom stereocenters. The molecule has 0 aromatic carbocycles. The molecule has 0 spiro atoms. The highest BCUT2D eigenvalue weighted by Crippen LogP contribution is 2.19. The third kappa shape index (κ3) is 2.12. The Morgan fingerprint density at radius 1 is 1.64 bits per heavy atom. The van der Waals surface area contributed by atoms with Crippen LogP contribution in [0.1, 0.15) is 13.3 Å². The van der Waals surface area contributed by atoms with Gasteiger partial charge in [0.25, 0.3) is 0 Å². The standard InChI is InChI=1S/C10H12S/c1-3-9-5-4-6-10(11)7-8(9)2/h3-5,7,11H,1,6H2,2H3. The molecule has 0 nitrogen and oxygen atoms in total. The first-order valence-corrected chi connectivity index (χ1v) is 4.08. The van der Waals surface area contributed by atoms with E-state index in [1.807, 2.05) is 6.08 Å². The molecule has 0 saturated carbocycles. The summed E-state index contributed by atoms with van der Waals surface area (Å²) >= 11 is 4.31. The molecule has 0 fully saturated rings. The maximum Gasteiger partial charge on any atom is -0.00364 e. The van der Waals surface area contributed by atoms with Crippen LogP contribution in [0.25, 0.3) is 0 Å². The SMILES string of the molecule is C=CC1=C(C)C=C(S)CC=C1. The Kier molecular flexibility index (Phi) is 2.77. The van der Waals surface area contributed by atoms with Crippen molar-refractivity contribution >= 4 is 12.6 Å². The topological polar surface area (TPSA) is 0 Å². The van der Waals surface area contributed by atoms with E-state index in [1.54, 1.807) is 0 Å². The first-order valence-electron chi connectivity index (χ1n) is 3.63. The zero-order chi connectivity index (χ0) is 8.27. The molecule has 1 aliphatic rings. The minimum atomic E-state index is 0.928. The molecule has 1 heteroatoms. The van der Waals surface area contributed by atoms with Crippen molar-refractivity contribution in [3.63, 3.8) is 0 Å². The largest absolute Gasteiger partial charge is 0.148 e. The van der Waals surface area contributed by atoms with E-state index in [0.717, 1.165) is 11.3 Å². The fourth-order valence-electron chi connectivity index (χ4n) is 1.06. The highest BCUT2D eigenvalue weighted by Gasteiger charge is 1.97. The van der Waals surface area contributed by atoms with E-state index in [2.05, 4.69) is 44.4 Å². The summed E-state index contributed by atoms with van der Waals surface area (Å²) in [5.41, 5.74) is 2.42. The summed E-state index contributed by atoms with van der Waals surface area (Å²) in [6.45, 7) is 5.81. The van der Waals surface area contributed by atoms with Crippen LogP contribution in [0.5, 0.6) is 0 Å². The van der Waals surface area contributed by atoms with Crippen LogP contribution in [0.2, 0.25) is 0 Å². The van der Waals surface area contributed by atoms with E-state index in [1.165, 1.54) is 11.1 Å². The van der Waals surface area contributed by atoms with Gasteiger partial charge in [-0.1, -0.05) is 24.8 Å². The number of hydrogen-bond donors (Lipinski definition) is 1. The first kappa shape index (κ1) is 8.41. The molecular weight excluding hydrogens is 152 g/mol. The molecule has 0 heterocycles. The van der Waals surface area contributed by atoms with Crippen molar-refractivity contribution < 1.29 is 0 Å². The van der Waals surface area contributed by atoms with Gasteiger partial charge in [-0.2, -0.15) is 0 Å². The van der Waals surface area contributed by atoms with Crippen molar-refractivity contribution in [2.45, 2.75) is 13.3 Å². The lowest BCUT2D eigenvalue weighted by Gasteiger charge is -1.95. The monoisotopic (exact) mass is 164 g/mol. The van der Waals surface area contributed by atoms with Crippen molar-refractivity contribution in [1.29, 1.82) is 0 Å².